The number of nitrogens with two attached hydrogens (primary N) is 1. The number of nitrogens with one attached hydrogen (secondary N) is 1. The van der Waals surface area contributed by atoms with E-state index in [0.717, 1.165) is 12.6 Å². The van der Waals surface area contributed by atoms with Gasteiger partial charge in [-0.1, -0.05) is 18.7 Å². The first-order valence-electron chi connectivity index (χ1n) is 8.72. The summed E-state index contributed by atoms with van der Waals surface area (Å²) in [5.41, 5.74) is 6.83. The number of aromatic nitrogens is 2. The van der Waals surface area contributed by atoms with Crippen LogP contribution in [-0.4, -0.2) is 26.3 Å². The second-order valence-electron chi connectivity index (χ2n) is 6.98. The molecule has 9 heteroatoms. The number of amides is 1. The summed E-state index contributed by atoms with van der Waals surface area (Å²) in [7, 11) is 0. The summed E-state index contributed by atoms with van der Waals surface area (Å²) < 4.78 is 25.5. The van der Waals surface area contributed by atoms with Crippen molar-refractivity contribution in [3.8, 4) is 0 Å². The molecule has 2 aromatic heterocycles. The second kappa shape index (κ2) is 7.83. The number of halogens is 2. The summed E-state index contributed by atoms with van der Waals surface area (Å²) in [6.45, 7) is 5.61. The average molecular weight is 405 g/mol. The Morgan fingerprint density at radius 2 is 2.14 bits per heavy atom. The van der Waals surface area contributed by atoms with Crippen molar-refractivity contribution < 1.29 is 13.6 Å². The van der Waals surface area contributed by atoms with Gasteiger partial charge in [0.2, 0.25) is 0 Å². The van der Waals surface area contributed by atoms with Crippen LogP contribution in [0.25, 0.3) is 0 Å². The molecule has 3 rings (SSSR count). The fourth-order valence-electron chi connectivity index (χ4n) is 3.23. The molecule has 3 N–H and O–H groups in total. The van der Waals surface area contributed by atoms with Crippen LogP contribution >= 0.6 is 11.8 Å². The number of aliphatic imine (C=N–C) groups is 1. The zero-order valence-electron chi connectivity index (χ0n) is 15.7. The molecule has 1 amide bonds. The zero-order chi connectivity index (χ0) is 20.5. The molecule has 28 heavy (non-hydrogen) atoms. The number of carbonyl (C=O) groups is 1. The summed E-state index contributed by atoms with van der Waals surface area (Å²) in [6.07, 6.45) is 0.743. The van der Waals surface area contributed by atoms with Crippen molar-refractivity contribution in [3.05, 3.63) is 53.1 Å². The van der Waals surface area contributed by atoms with Gasteiger partial charge in [0.05, 0.1) is 5.69 Å². The lowest BCUT2D eigenvalue weighted by Crippen LogP contribution is -2.33. The van der Waals surface area contributed by atoms with E-state index in [9.17, 15) is 13.6 Å². The number of thioether (sulfide) groups is 1. The molecule has 1 aliphatic rings. The summed E-state index contributed by atoms with van der Waals surface area (Å²) in [4.78, 5) is 25.4. The third-order valence-corrected chi connectivity index (χ3v) is 5.40. The normalized spacial score (nSPS) is 22.1. The summed E-state index contributed by atoms with van der Waals surface area (Å²) in [5, 5.41) is 3.56. The van der Waals surface area contributed by atoms with Crippen LogP contribution in [0.3, 0.4) is 0 Å². The molecule has 1 aliphatic heterocycles. The Kier molecular flexibility index (Phi) is 5.64. The minimum absolute atomic E-state index is 0.0962. The van der Waals surface area contributed by atoms with Gasteiger partial charge in [-0.3, -0.25) is 14.8 Å². The van der Waals surface area contributed by atoms with Crippen LogP contribution in [0.1, 0.15) is 54.0 Å². The van der Waals surface area contributed by atoms with E-state index in [4.69, 9.17) is 5.73 Å². The smallest absolute Gasteiger partial charge is 0.274 e. The lowest BCUT2D eigenvalue weighted by molar-refractivity contribution is 0.102. The van der Waals surface area contributed by atoms with Crippen molar-refractivity contribution in [1.82, 2.24) is 9.97 Å². The van der Waals surface area contributed by atoms with Gasteiger partial charge < -0.3 is 11.1 Å². The quantitative estimate of drug-likeness (QED) is 0.801. The van der Waals surface area contributed by atoms with E-state index in [1.165, 1.54) is 17.8 Å². The molecular weight excluding hydrogens is 384 g/mol. The van der Waals surface area contributed by atoms with Crippen molar-refractivity contribution in [2.24, 2.45) is 10.7 Å². The average Bonchev–Trinajstić information content (AvgIpc) is 2.60. The molecule has 3 heterocycles. The second-order valence-corrected chi connectivity index (χ2v) is 8.43. The zero-order valence-corrected chi connectivity index (χ0v) is 16.6. The third-order valence-electron chi connectivity index (χ3n) is 4.50. The van der Waals surface area contributed by atoms with Gasteiger partial charge in [0.15, 0.2) is 5.17 Å². The Bertz CT molecular complexity index is 936. The van der Waals surface area contributed by atoms with E-state index in [1.54, 1.807) is 25.3 Å². The number of pyridine rings is 2. The molecule has 6 nitrogen and oxygen atoms in total. The summed E-state index contributed by atoms with van der Waals surface area (Å²) in [5.74, 6) is -0.476. The predicted molar refractivity (Wildman–Crippen MR) is 107 cm³/mol. The molecule has 2 aromatic rings. The van der Waals surface area contributed by atoms with Gasteiger partial charge in [0.25, 0.3) is 12.3 Å². The fraction of sp³-hybridized carbons (Fsp3) is 0.368. The molecule has 148 valence electrons. The first kappa shape index (κ1) is 20.2. The number of hydrogen-bond acceptors (Lipinski definition) is 6. The van der Waals surface area contributed by atoms with Crippen molar-refractivity contribution in [2.75, 3.05) is 5.32 Å². The molecule has 0 spiro atoms. The Balaban J connectivity index is 1.84. The highest BCUT2D eigenvalue weighted by Crippen LogP contribution is 2.38. The monoisotopic (exact) mass is 405 g/mol. The van der Waals surface area contributed by atoms with Gasteiger partial charge in [0, 0.05) is 28.9 Å². The maximum Gasteiger partial charge on any atom is 0.274 e. The molecule has 0 saturated heterocycles. The van der Waals surface area contributed by atoms with E-state index < -0.39 is 17.9 Å². The number of amidine groups is 1. The number of aryl methyl sites for hydroxylation is 1. The minimum atomic E-state index is -2.63. The number of hydrogen-bond donors (Lipinski definition) is 2. The SMILES string of the molecule is Cc1cc(C(F)F)cnc1C(=O)Nc1ccnc([C@]2(C)C[C@@H](C)SC(N)=N2)c1. The maximum atomic E-state index is 12.8. The molecule has 0 aliphatic carbocycles. The Morgan fingerprint density at radius 1 is 1.39 bits per heavy atom. The van der Waals surface area contributed by atoms with Crippen LogP contribution in [0.15, 0.2) is 35.6 Å². The third kappa shape index (κ3) is 4.30. The van der Waals surface area contributed by atoms with Crippen LogP contribution < -0.4 is 11.1 Å². The summed E-state index contributed by atoms with van der Waals surface area (Å²) >= 11 is 1.52. The maximum absolute atomic E-state index is 12.8. The molecule has 2 atom stereocenters. The fourth-order valence-corrected chi connectivity index (χ4v) is 4.31. The summed E-state index contributed by atoms with van der Waals surface area (Å²) in [6, 6.07) is 4.67. The van der Waals surface area contributed by atoms with Gasteiger partial charge in [-0.2, -0.15) is 0 Å². The van der Waals surface area contributed by atoms with Crippen molar-refractivity contribution in [3.63, 3.8) is 0 Å². The van der Waals surface area contributed by atoms with E-state index in [2.05, 4.69) is 27.2 Å². The highest BCUT2D eigenvalue weighted by Gasteiger charge is 2.34. The number of anilines is 1. The number of rotatable bonds is 4. The van der Waals surface area contributed by atoms with Gasteiger partial charge in [0.1, 0.15) is 11.2 Å². The lowest BCUT2D eigenvalue weighted by atomic mass is 9.91. The van der Waals surface area contributed by atoms with Crippen LogP contribution in [0.2, 0.25) is 0 Å². The largest absolute Gasteiger partial charge is 0.379 e. The molecule has 0 unspecified atom stereocenters. The highest BCUT2D eigenvalue weighted by molar-refractivity contribution is 8.14. The van der Waals surface area contributed by atoms with Gasteiger partial charge in [-0.25, -0.2) is 13.8 Å². The topological polar surface area (TPSA) is 93.3 Å². The van der Waals surface area contributed by atoms with Gasteiger partial charge >= 0.3 is 0 Å². The van der Waals surface area contributed by atoms with E-state index in [0.29, 0.717) is 27.4 Å². The van der Waals surface area contributed by atoms with E-state index in [1.807, 2.05) is 6.92 Å². The Labute approximate surface area is 166 Å². The van der Waals surface area contributed by atoms with Crippen LogP contribution in [0, 0.1) is 6.92 Å². The van der Waals surface area contributed by atoms with Crippen LogP contribution in [0.4, 0.5) is 14.5 Å². The van der Waals surface area contributed by atoms with Crippen molar-refractivity contribution in [2.45, 2.75) is 44.4 Å². The lowest BCUT2D eigenvalue weighted by Gasteiger charge is -2.32. The first-order valence-corrected chi connectivity index (χ1v) is 9.60. The van der Waals surface area contributed by atoms with Crippen molar-refractivity contribution >= 4 is 28.5 Å². The molecule has 0 saturated carbocycles. The van der Waals surface area contributed by atoms with Gasteiger partial charge in [-0.15, -0.1) is 0 Å². The molecule has 0 radical (unpaired) electrons. The minimum Gasteiger partial charge on any atom is -0.379 e. The molecule has 0 fully saturated rings. The number of alkyl halides is 2. The van der Waals surface area contributed by atoms with E-state index >= 15 is 0 Å². The van der Waals surface area contributed by atoms with Crippen LogP contribution in [0.5, 0.6) is 0 Å². The predicted octanol–water partition coefficient (Wildman–Crippen LogP) is 4.03. The Hall–Kier alpha value is -2.55. The Morgan fingerprint density at radius 3 is 2.79 bits per heavy atom. The van der Waals surface area contributed by atoms with Crippen LogP contribution in [-0.2, 0) is 5.54 Å². The first-order chi connectivity index (χ1) is 13.2. The van der Waals surface area contributed by atoms with Gasteiger partial charge in [-0.05, 0) is 44.0 Å². The molecule has 0 aromatic carbocycles. The molecular formula is C19H21F2N5OS. The standard InChI is InChI=1S/C19H21F2N5OS/c1-10-6-12(16(20)21)9-24-15(10)17(27)25-13-4-5-23-14(7-13)19(3)8-11(2)28-18(22)26-19/h4-7,9,11,16H,8H2,1-3H3,(H2,22,26)(H,23,25,27)/t11-,19+/m1/s1. The van der Waals surface area contributed by atoms with Crippen molar-refractivity contribution in [1.29, 1.82) is 0 Å². The molecule has 0 bridgehead atoms. The number of carbonyl (C=O) groups excluding carboxylic acids is 1. The highest BCUT2D eigenvalue weighted by atomic mass is 32.2. The van der Waals surface area contributed by atoms with E-state index in [-0.39, 0.29) is 11.3 Å². The number of nitrogens with zero attached hydrogens (tertiary/aromatic N) is 3.